The SMILES string of the molecule is N#CCS(=O)(=O)Nc1ccc(C#CCCO)c(F)c1. The maximum atomic E-state index is 13.6. The van der Waals surface area contributed by atoms with E-state index in [-0.39, 0.29) is 24.3 Å². The average Bonchev–Trinajstić information content (AvgIpc) is 2.31. The zero-order valence-corrected chi connectivity index (χ0v) is 10.7. The van der Waals surface area contributed by atoms with Crippen LogP contribution in [0.1, 0.15) is 12.0 Å². The Morgan fingerprint density at radius 1 is 1.42 bits per heavy atom. The van der Waals surface area contributed by atoms with E-state index in [2.05, 4.69) is 16.6 Å². The van der Waals surface area contributed by atoms with Gasteiger partial charge in [0.2, 0.25) is 10.0 Å². The third-order valence-corrected chi connectivity index (χ3v) is 3.01. The number of sulfonamides is 1. The molecule has 0 aromatic heterocycles. The second kappa shape index (κ2) is 6.74. The van der Waals surface area contributed by atoms with Crippen LogP contribution in [-0.4, -0.2) is 25.9 Å². The Labute approximate surface area is 110 Å². The molecule has 1 rings (SSSR count). The fourth-order valence-electron chi connectivity index (χ4n) is 1.19. The standard InChI is InChI=1S/C12H11FN2O3S/c13-12-9-11(15-19(17,18)8-6-14)5-4-10(12)3-1-2-7-16/h4-5,9,15-16H,2,7-8H2. The lowest BCUT2D eigenvalue weighted by Gasteiger charge is -2.05. The first-order valence-corrected chi connectivity index (χ1v) is 6.90. The summed E-state index contributed by atoms with van der Waals surface area (Å²) in [5, 5.41) is 16.9. The van der Waals surface area contributed by atoms with Gasteiger partial charge in [-0.25, -0.2) is 12.8 Å². The number of hydrogen-bond donors (Lipinski definition) is 2. The van der Waals surface area contributed by atoms with Crippen molar-refractivity contribution in [3.63, 3.8) is 0 Å². The summed E-state index contributed by atoms with van der Waals surface area (Å²) in [6.07, 6.45) is 0.232. The van der Waals surface area contributed by atoms with E-state index >= 15 is 0 Å². The number of aliphatic hydroxyl groups excluding tert-OH is 1. The molecule has 0 amide bonds. The first-order valence-electron chi connectivity index (χ1n) is 5.25. The van der Waals surface area contributed by atoms with Crippen LogP contribution in [0.15, 0.2) is 18.2 Å². The third-order valence-electron chi connectivity index (χ3n) is 1.96. The zero-order valence-electron chi connectivity index (χ0n) is 9.85. The van der Waals surface area contributed by atoms with E-state index in [0.717, 1.165) is 6.07 Å². The summed E-state index contributed by atoms with van der Waals surface area (Å²) in [6.45, 7) is -0.110. The van der Waals surface area contributed by atoms with Gasteiger partial charge in [0.05, 0.1) is 23.9 Å². The van der Waals surface area contributed by atoms with Crippen molar-refractivity contribution in [2.75, 3.05) is 17.1 Å². The predicted molar refractivity (Wildman–Crippen MR) is 68.0 cm³/mol. The van der Waals surface area contributed by atoms with E-state index < -0.39 is 21.6 Å². The molecule has 0 spiro atoms. The summed E-state index contributed by atoms with van der Waals surface area (Å²) in [7, 11) is -3.78. The van der Waals surface area contributed by atoms with Crippen molar-refractivity contribution >= 4 is 15.7 Å². The van der Waals surface area contributed by atoms with E-state index in [4.69, 9.17) is 10.4 Å². The van der Waals surface area contributed by atoms with Gasteiger partial charge in [-0.05, 0) is 18.2 Å². The minimum absolute atomic E-state index is 0.0282. The van der Waals surface area contributed by atoms with Gasteiger partial charge in [0.1, 0.15) is 5.82 Å². The van der Waals surface area contributed by atoms with Gasteiger partial charge in [0, 0.05) is 6.42 Å². The monoisotopic (exact) mass is 282 g/mol. The Kier molecular flexibility index (Phi) is 5.31. The highest BCUT2D eigenvalue weighted by Crippen LogP contribution is 2.15. The van der Waals surface area contributed by atoms with Crippen molar-refractivity contribution in [1.82, 2.24) is 0 Å². The molecule has 1 aromatic rings. The molecule has 1 aromatic carbocycles. The number of hydrogen-bond acceptors (Lipinski definition) is 4. The Morgan fingerprint density at radius 2 is 2.16 bits per heavy atom. The Bertz CT molecular complexity index is 654. The number of nitrogens with one attached hydrogen (secondary N) is 1. The molecular weight excluding hydrogens is 271 g/mol. The second-order valence-electron chi connectivity index (χ2n) is 3.49. The topological polar surface area (TPSA) is 90.2 Å². The Hall–Kier alpha value is -2.09. The van der Waals surface area contributed by atoms with Crippen LogP contribution in [0.3, 0.4) is 0 Å². The number of aliphatic hydroxyl groups is 1. The molecule has 0 atom stereocenters. The largest absolute Gasteiger partial charge is 0.395 e. The summed E-state index contributed by atoms with van der Waals surface area (Å²) < 4.78 is 38.2. The van der Waals surface area contributed by atoms with Crippen molar-refractivity contribution in [2.45, 2.75) is 6.42 Å². The van der Waals surface area contributed by atoms with Gasteiger partial charge in [-0.1, -0.05) is 11.8 Å². The molecule has 2 N–H and O–H groups in total. The van der Waals surface area contributed by atoms with Crippen LogP contribution in [0.25, 0.3) is 0 Å². The van der Waals surface area contributed by atoms with Gasteiger partial charge in [-0.15, -0.1) is 0 Å². The van der Waals surface area contributed by atoms with Gasteiger partial charge < -0.3 is 5.11 Å². The molecule has 0 unspecified atom stereocenters. The predicted octanol–water partition coefficient (Wildman–Crippen LogP) is 0.825. The lowest BCUT2D eigenvalue weighted by atomic mass is 10.2. The molecule has 0 saturated heterocycles. The van der Waals surface area contributed by atoms with Crippen molar-refractivity contribution < 1.29 is 17.9 Å². The average molecular weight is 282 g/mol. The van der Waals surface area contributed by atoms with E-state index in [0.29, 0.717) is 0 Å². The lowest BCUT2D eigenvalue weighted by Crippen LogP contribution is -2.15. The number of benzene rings is 1. The molecule has 0 radical (unpaired) electrons. The molecule has 0 aliphatic carbocycles. The fraction of sp³-hybridized carbons (Fsp3) is 0.250. The minimum Gasteiger partial charge on any atom is -0.395 e. The second-order valence-corrected chi connectivity index (χ2v) is 5.21. The number of halogens is 1. The van der Waals surface area contributed by atoms with Gasteiger partial charge in [-0.2, -0.15) is 5.26 Å². The Balaban J connectivity index is 2.90. The van der Waals surface area contributed by atoms with E-state index in [1.807, 2.05) is 0 Å². The number of rotatable bonds is 4. The molecule has 0 heterocycles. The lowest BCUT2D eigenvalue weighted by molar-refractivity contribution is 0.305. The zero-order chi connectivity index (χ0) is 14.3. The first kappa shape index (κ1) is 15.0. The highest BCUT2D eigenvalue weighted by molar-refractivity contribution is 7.92. The van der Waals surface area contributed by atoms with Crippen LogP contribution in [0.4, 0.5) is 10.1 Å². The van der Waals surface area contributed by atoms with Crippen LogP contribution < -0.4 is 4.72 Å². The van der Waals surface area contributed by atoms with Crippen LogP contribution in [0.5, 0.6) is 0 Å². The smallest absolute Gasteiger partial charge is 0.246 e. The van der Waals surface area contributed by atoms with E-state index in [1.165, 1.54) is 18.2 Å². The summed E-state index contributed by atoms with van der Waals surface area (Å²) in [6, 6.07) is 5.15. The number of anilines is 1. The highest BCUT2D eigenvalue weighted by atomic mass is 32.2. The van der Waals surface area contributed by atoms with Crippen LogP contribution in [0.2, 0.25) is 0 Å². The highest BCUT2D eigenvalue weighted by Gasteiger charge is 2.10. The van der Waals surface area contributed by atoms with Crippen molar-refractivity contribution in [3.05, 3.63) is 29.6 Å². The maximum absolute atomic E-state index is 13.6. The third kappa shape index (κ3) is 4.96. The van der Waals surface area contributed by atoms with Crippen molar-refractivity contribution in [1.29, 1.82) is 5.26 Å². The maximum Gasteiger partial charge on any atom is 0.246 e. The van der Waals surface area contributed by atoms with Gasteiger partial charge in [0.15, 0.2) is 5.75 Å². The molecular formula is C12H11FN2O3S. The molecule has 100 valence electrons. The summed E-state index contributed by atoms with van der Waals surface area (Å²) in [4.78, 5) is 0. The van der Waals surface area contributed by atoms with Gasteiger partial charge in [-0.3, -0.25) is 4.72 Å². The van der Waals surface area contributed by atoms with E-state index in [1.54, 1.807) is 0 Å². The van der Waals surface area contributed by atoms with Crippen molar-refractivity contribution in [2.24, 2.45) is 0 Å². The molecule has 0 aliphatic rings. The summed E-state index contributed by atoms with van der Waals surface area (Å²) in [5.41, 5.74) is 0.136. The van der Waals surface area contributed by atoms with Gasteiger partial charge in [0.25, 0.3) is 0 Å². The van der Waals surface area contributed by atoms with Gasteiger partial charge >= 0.3 is 0 Å². The Morgan fingerprint density at radius 3 is 2.74 bits per heavy atom. The molecule has 0 bridgehead atoms. The minimum atomic E-state index is -3.78. The molecule has 5 nitrogen and oxygen atoms in total. The summed E-state index contributed by atoms with van der Waals surface area (Å²) in [5.74, 6) is 3.69. The molecule has 19 heavy (non-hydrogen) atoms. The molecule has 0 aliphatic heterocycles. The quantitative estimate of drug-likeness (QED) is 0.800. The van der Waals surface area contributed by atoms with E-state index in [9.17, 15) is 12.8 Å². The van der Waals surface area contributed by atoms with Crippen LogP contribution in [-0.2, 0) is 10.0 Å². The van der Waals surface area contributed by atoms with Crippen molar-refractivity contribution in [3.8, 4) is 17.9 Å². The van der Waals surface area contributed by atoms with Crippen LogP contribution in [0, 0.1) is 29.0 Å². The molecule has 0 saturated carbocycles. The van der Waals surface area contributed by atoms with Crippen LogP contribution >= 0.6 is 0 Å². The fourth-order valence-corrected chi connectivity index (χ4v) is 1.92. The molecule has 0 fully saturated rings. The number of nitriles is 1. The molecule has 7 heteroatoms. The normalized spacial score (nSPS) is 10.2. The first-order chi connectivity index (χ1) is 8.98. The number of nitrogens with zero attached hydrogens (tertiary/aromatic N) is 1. The summed E-state index contributed by atoms with van der Waals surface area (Å²) >= 11 is 0.